The molecule has 1 aliphatic heterocycles. The molecule has 0 amide bonds. The van der Waals surface area contributed by atoms with Gasteiger partial charge in [-0.2, -0.15) is 0 Å². The fourth-order valence-corrected chi connectivity index (χ4v) is 2.29. The lowest BCUT2D eigenvalue weighted by molar-refractivity contribution is 0.214. The van der Waals surface area contributed by atoms with Crippen molar-refractivity contribution in [2.24, 2.45) is 0 Å². The van der Waals surface area contributed by atoms with Crippen molar-refractivity contribution >= 4 is 0 Å². The number of likely N-dealkylation sites (tertiary alicyclic amines) is 1. The molecule has 0 atom stereocenters. The highest BCUT2D eigenvalue weighted by Gasteiger charge is 2.08. The molecule has 1 aromatic rings. The highest BCUT2D eigenvalue weighted by Crippen LogP contribution is 2.12. The Kier molecular flexibility index (Phi) is 8.31. The van der Waals surface area contributed by atoms with Gasteiger partial charge in [0.2, 0.25) is 0 Å². The minimum absolute atomic E-state index is 0.809. The van der Waals surface area contributed by atoms with E-state index in [-0.39, 0.29) is 0 Å². The molecular formula is C17H29NO. The number of nitrogens with zero attached hydrogens (tertiary/aromatic N) is 1. The van der Waals surface area contributed by atoms with Crippen molar-refractivity contribution in [2.45, 2.75) is 46.5 Å². The first kappa shape index (κ1) is 16.0. The lowest BCUT2D eigenvalue weighted by Gasteiger charge is -2.19. The molecule has 0 aliphatic carbocycles. The summed E-state index contributed by atoms with van der Waals surface area (Å²) in [6.45, 7) is 10.5. The zero-order valence-electron chi connectivity index (χ0n) is 12.8. The summed E-state index contributed by atoms with van der Waals surface area (Å²) < 4.78 is 5.76. The van der Waals surface area contributed by atoms with Crippen LogP contribution in [-0.4, -0.2) is 31.1 Å². The van der Waals surface area contributed by atoms with E-state index in [4.69, 9.17) is 4.74 Å². The van der Waals surface area contributed by atoms with Gasteiger partial charge in [-0.15, -0.1) is 0 Å². The first-order valence-electron chi connectivity index (χ1n) is 7.76. The number of rotatable bonds is 4. The van der Waals surface area contributed by atoms with Crippen LogP contribution in [0.25, 0.3) is 0 Å². The smallest absolute Gasteiger partial charge is 0.119 e. The molecule has 0 saturated carbocycles. The average molecular weight is 263 g/mol. The third kappa shape index (κ3) is 6.63. The normalized spacial score (nSPS) is 16.2. The summed E-state index contributed by atoms with van der Waals surface area (Å²) in [6.07, 6.45) is 5.50. The van der Waals surface area contributed by atoms with Crippen LogP contribution in [0.15, 0.2) is 24.3 Å². The van der Waals surface area contributed by atoms with Gasteiger partial charge >= 0.3 is 0 Å². The molecule has 1 saturated heterocycles. The van der Waals surface area contributed by atoms with Gasteiger partial charge in [-0.1, -0.05) is 44.4 Å². The zero-order valence-corrected chi connectivity index (χ0v) is 12.8. The molecule has 0 radical (unpaired) electrons. The van der Waals surface area contributed by atoms with E-state index in [1.54, 1.807) is 0 Å². The minimum atomic E-state index is 0.809. The Hall–Kier alpha value is -1.02. The van der Waals surface area contributed by atoms with E-state index in [0.29, 0.717) is 0 Å². The first-order chi connectivity index (χ1) is 9.34. The number of benzene rings is 1. The van der Waals surface area contributed by atoms with Crippen LogP contribution in [-0.2, 0) is 0 Å². The van der Waals surface area contributed by atoms with Gasteiger partial charge in [-0.3, -0.25) is 4.90 Å². The molecule has 1 aromatic carbocycles. The molecule has 0 N–H and O–H groups in total. The molecule has 0 bridgehead atoms. The van der Waals surface area contributed by atoms with Gasteiger partial charge in [0.25, 0.3) is 0 Å². The fourth-order valence-electron chi connectivity index (χ4n) is 2.29. The van der Waals surface area contributed by atoms with Crippen molar-refractivity contribution < 1.29 is 4.74 Å². The van der Waals surface area contributed by atoms with Gasteiger partial charge in [0.1, 0.15) is 12.4 Å². The fraction of sp³-hybridized carbons (Fsp3) is 0.647. The van der Waals surface area contributed by atoms with E-state index >= 15 is 0 Å². The van der Waals surface area contributed by atoms with Gasteiger partial charge in [0.15, 0.2) is 0 Å². The number of hydrogen-bond donors (Lipinski definition) is 0. The molecule has 0 aromatic heterocycles. The third-order valence-electron chi connectivity index (χ3n) is 3.40. The Bertz CT molecular complexity index is 313. The minimum Gasteiger partial charge on any atom is -0.492 e. The van der Waals surface area contributed by atoms with E-state index < -0.39 is 0 Å². The summed E-state index contributed by atoms with van der Waals surface area (Å²) >= 11 is 0. The summed E-state index contributed by atoms with van der Waals surface area (Å²) in [5, 5.41) is 0. The predicted octanol–water partition coefficient (Wildman–Crippen LogP) is 4.28. The van der Waals surface area contributed by atoms with Crippen LogP contribution < -0.4 is 4.74 Å². The molecule has 19 heavy (non-hydrogen) atoms. The number of aryl methyl sites for hydroxylation is 1. The van der Waals surface area contributed by atoms with Crippen LogP contribution in [0.2, 0.25) is 0 Å². The summed E-state index contributed by atoms with van der Waals surface area (Å²) in [6, 6.07) is 8.30. The quantitative estimate of drug-likeness (QED) is 0.804. The van der Waals surface area contributed by atoms with E-state index in [9.17, 15) is 0 Å². The van der Waals surface area contributed by atoms with Gasteiger partial charge in [-0.25, -0.2) is 0 Å². The van der Waals surface area contributed by atoms with Crippen molar-refractivity contribution in [1.29, 1.82) is 0 Å². The van der Waals surface area contributed by atoms with Crippen LogP contribution in [0.1, 0.15) is 45.1 Å². The van der Waals surface area contributed by atoms with E-state index in [2.05, 4.69) is 36.1 Å². The molecular weight excluding hydrogens is 234 g/mol. The second-order valence-electron chi connectivity index (χ2n) is 4.92. The summed E-state index contributed by atoms with van der Waals surface area (Å²) in [7, 11) is 0. The first-order valence-corrected chi connectivity index (χ1v) is 7.76. The zero-order chi connectivity index (χ0) is 13.9. The molecule has 1 aliphatic rings. The van der Waals surface area contributed by atoms with Crippen LogP contribution in [0.3, 0.4) is 0 Å². The summed E-state index contributed by atoms with van der Waals surface area (Å²) in [4.78, 5) is 2.53. The SMILES string of the molecule is CC.Cc1ccc(OCCN2CCCCCC2)cc1. The molecule has 2 heteroatoms. The van der Waals surface area contributed by atoms with Crippen molar-refractivity contribution in [3.63, 3.8) is 0 Å². The Morgan fingerprint density at radius 2 is 1.53 bits per heavy atom. The lowest BCUT2D eigenvalue weighted by atomic mass is 10.2. The lowest BCUT2D eigenvalue weighted by Crippen LogP contribution is -2.29. The Morgan fingerprint density at radius 3 is 2.11 bits per heavy atom. The van der Waals surface area contributed by atoms with Gasteiger partial charge in [0.05, 0.1) is 0 Å². The molecule has 2 rings (SSSR count). The Balaban J connectivity index is 0.000000861. The molecule has 1 heterocycles. The van der Waals surface area contributed by atoms with Gasteiger partial charge in [0, 0.05) is 6.54 Å². The Morgan fingerprint density at radius 1 is 0.947 bits per heavy atom. The molecule has 0 unspecified atom stereocenters. The second kappa shape index (κ2) is 9.85. The van der Waals surface area contributed by atoms with Crippen molar-refractivity contribution in [1.82, 2.24) is 4.90 Å². The maximum atomic E-state index is 5.76. The predicted molar refractivity (Wildman–Crippen MR) is 82.9 cm³/mol. The van der Waals surface area contributed by atoms with Crippen LogP contribution in [0.5, 0.6) is 5.75 Å². The largest absolute Gasteiger partial charge is 0.492 e. The molecule has 1 fully saturated rings. The maximum Gasteiger partial charge on any atom is 0.119 e. The van der Waals surface area contributed by atoms with Crippen LogP contribution >= 0.6 is 0 Å². The monoisotopic (exact) mass is 263 g/mol. The topological polar surface area (TPSA) is 12.5 Å². The third-order valence-corrected chi connectivity index (χ3v) is 3.40. The van der Waals surface area contributed by atoms with E-state index in [0.717, 1.165) is 18.9 Å². The van der Waals surface area contributed by atoms with Crippen LogP contribution in [0, 0.1) is 6.92 Å². The second-order valence-corrected chi connectivity index (χ2v) is 4.92. The molecule has 108 valence electrons. The summed E-state index contributed by atoms with van der Waals surface area (Å²) in [5.41, 5.74) is 1.28. The maximum absolute atomic E-state index is 5.76. The molecule has 2 nitrogen and oxygen atoms in total. The van der Waals surface area contributed by atoms with Crippen molar-refractivity contribution in [3.8, 4) is 5.75 Å². The van der Waals surface area contributed by atoms with Gasteiger partial charge in [-0.05, 0) is 45.0 Å². The summed E-state index contributed by atoms with van der Waals surface area (Å²) in [5.74, 6) is 0.991. The van der Waals surface area contributed by atoms with Crippen molar-refractivity contribution in [3.05, 3.63) is 29.8 Å². The highest BCUT2D eigenvalue weighted by atomic mass is 16.5. The van der Waals surface area contributed by atoms with E-state index in [1.807, 2.05) is 13.8 Å². The standard InChI is InChI=1S/C15H23NO.C2H6/c1-14-6-8-15(9-7-14)17-13-12-16-10-4-2-3-5-11-16;1-2/h6-9H,2-5,10-13H2,1H3;1-2H3. The van der Waals surface area contributed by atoms with Crippen molar-refractivity contribution in [2.75, 3.05) is 26.2 Å². The Labute approximate surface area is 118 Å². The van der Waals surface area contributed by atoms with Gasteiger partial charge < -0.3 is 4.74 Å². The van der Waals surface area contributed by atoms with Crippen LogP contribution in [0.4, 0.5) is 0 Å². The highest BCUT2D eigenvalue weighted by molar-refractivity contribution is 5.26. The van der Waals surface area contributed by atoms with E-state index in [1.165, 1.54) is 44.3 Å². The number of hydrogen-bond acceptors (Lipinski definition) is 2. The average Bonchev–Trinajstić information content (AvgIpc) is 2.72. The molecule has 0 spiro atoms. The number of ether oxygens (including phenoxy) is 1.